The van der Waals surface area contributed by atoms with Crippen molar-refractivity contribution in [2.24, 2.45) is 11.8 Å². The number of fused-ring (bicyclic) bond motifs is 1. The summed E-state index contributed by atoms with van der Waals surface area (Å²) in [7, 11) is 4.00. The molecule has 0 aromatic rings. The summed E-state index contributed by atoms with van der Waals surface area (Å²) in [6.45, 7) is -3.37. The molecule has 1 aliphatic carbocycles. The number of nitrogens with zero attached hydrogens (tertiary/aromatic N) is 2. The summed E-state index contributed by atoms with van der Waals surface area (Å²) in [6, 6.07) is 0.534. The van der Waals surface area contributed by atoms with Crippen LogP contribution in [0.4, 0.5) is 12.9 Å². The van der Waals surface area contributed by atoms with Crippen molar-refractivity contribution in [1.82, 2.24) is 9.80 Å². The summed E-state index contributed by atoms with van der Waals surface area (Å²) in [6.07, 6.45) is -0.673. The van der Waals surface area contributed by atoms with Gasteiger partial charge < -0.3 is 22.7 Å². The Morgan fingerprint density at radius 2 is 1.67 bits per heavy atom. The van der Waals surface area contributed by atoms with Crippen LogP contribution in [-0.2, 0) is 0 Å². The van der Waals surface area contributed by atoms with Crippen LogP contribution in [0.3, 0.4) is 0 Å². The zero-order valence-corrected chi connectivity index (χ0v) is 12.6. The number of rotatable bonds is 3. The minimum atomic E-state index is -4.64. The third-order valence-electron chi connectivity index (χ3n) is 3.29. The molecular weight excluding hydrogens is 231 g/mol. The smallest absolute Gasteiger partial charge is 0.448 e. The fourth-order valence-electron chi connectivity index (χ4n) is 2.79. The first-order valence-electron chi connectivity index (χ1n) is 4.98. The zero-order chi connectivity index (χ0) is 10.5. The van der Waals surface area contributed by atoms with E-state index in [1.54, 1.807) is 4.90 Å². The maximum absolute atomic E-state index is 12.1. The summed E-state index contributed by atoms with van der Waals surface area (Å²) < 4.78 is 36.3. The van der Waals surface area contributed by atoms with Gasteiger partial charge in [-0.15, -0.1) is 0 Å². The van der Waals surface area contributed by atoms with Crippen LogP contribution in [0.5, 0.6) is 0 Å². The predicted octanol–water partition coefficient (Wildman–Crippen LogP) is -2.13. The number of piperidine rings is 1. The molecule has 1 saturated heterocycles. The van der Waals surface area contributed by atoms with E-state index in [2.05, 4.69) is 4.90 Å². The van der Waals surface area contributed by atoms with Gasteiger partial charge in [0, 0.05) is 6.04 Å². The average molecular weight is 246 g/mol. The molecule has 2 aliphatic rings. The van der Waals surface area contributed by atoms with Crippen LogP contribution in [-0.4, -0.2) is 56.4 Å². The number of hydrogen-bond donors (Lipinski definition) is 0. The van der Waals surface area contributed by atoms with Crippen LogP contribution in [0.25, 0.3) is 0 Å². The SMILES string of the molecule is CN(C)C1C2CN(C[B-](F)(F)F)CC21.[K+]. The van der Waals surface area contributed by atoms with E-state index >= 15 is 0 Å². The maximum Gasteiger partial charge on any atom is 1.00 e. The second-order valence-electron chi connectivity index (χ2n) is 4.71. The molecule has 1 heterocycles. The Hall–Kier alpha value is 1.41. The minimum Gasteiger partial charge on any atom is -0.448 e. The van der Waals surface area contributed by atoms with Crippen molar-refractivity contribution >= 4 is 6.98 Å². The van der Waals surface area contributed by atoms with E-state index in [1.807, 2.05) is 14.1 Å². The zero-order valence-electron chi connectivity index (χ0n) is 9.46. The van der Waals surface area contributed by atoms with Crippen molar-refractivity contribution in [3.8, 4) is 0 Å². The van der Waals surface area contributed by atoms with Gasteiger partial charge in [0.2, 0.25) is 0 Å². The summed E-state index contributed by atoms with van der Waals surface area (Å²) in [5.74, 6) is 0.978. The van der Waals surface area contributed by atoms with E-state index < -0.39 is 13.4 Å². The van der Waals surface area contributed by atoms with E-state index in [-0.39, 0.29) is 51.4 Å². The van der Waals surface area contributed by atoms with E-state index in [4.69, 9.17) is 0 Å². The molecule has 0 radical (unpaired) electrons. The molecule has 2 unspecified atom stereocenters. The molecule has 0 N–H and O–H groups in total. The van der Waals surface area contributed by atoms with Gasteiger partial charge in [-0.25, -0.2) is 0 Å². The summed E-state index contributed by atoms with van der Waals surface area (Å²) in [4.78, 5) is 3.68. The van der Waals surface area contributed by atoms with Crippen molar-refractivity contribution in [3.05, 3.63) is 0 Å². The van der Waals surface area contributed by atoms with Gasteiger partial charge in [0.15, 0.2) is 0 Å². The van der Waals surface area contributed by atoms with Crippen molar-refractivity contribution < 1.29 is 64.3 Å². The predicted molar refractivity (Wildman–Crippen MR) is 50.0 cm³/mol. The normalized spacial score (nSPS) is 35.2. The van der Waals surface area contributed by atoms with Crippen molar-refractivity contribution in [2.45, 2.75) is 6.04 Å². The molecule has 0 aromatic carbocycles. The van der Waals surface area contributed by atoms with E-state index in [9.17, 15) is 12.9 Å². The van der Waals surface area contributed by atoms with Crippen molar-refractivity contribution in [1.29, 1.82) is 0 Å². The number of hydrogen-bond acceptors (Lipinski definition) is 2. The molecule has 2 rings (SSSR count). The fourth-order valence-corrected chi connectivity index (χ4v) is 2.79. The van der Waals surface area contributed by atoms with Crippen LogP contribution in [0.1, 0.15) is 0 Å². The number of likely N-dealkylation sites (tertiary alicyclic amines) is 1. The van der Waals surface area contributed by atoms with E-state index in [1.165, 1.54) is 0 Å². The third kappa shape index (κ3) is 3.43. The molecular formula is C8H15BF3KN2. The maximum atomic E-state index is 12.1. The quantitative estimate of drug-likeness (QED) is 0.525. The van der Waals surface area contributed by atoms with Gasteiger partial charge in [0.25, 0.3) is 0 Å². The fraction of sp³-hybridized carbons (Fsp3) is 1.00. The standard InChI is InChI=1S/C8H15BF3N2.K/c1-13(2)8-6-3-14(4-7(6)8)5-9(10,11)12;/h6-8H,3-5H2,1-2H3;/q-1;+1. The number of halogens is 3. The molecule has 15 heavy (non-hydrogen) atoms. The first-order valence-corrected chi connectivity index (χ1v) is 4.98. The van der Waals surface area contributed by atoms with Gasteiger partial charge in [0.05, 0.1) is 0 Å². The average Bonchev–Trinajstić information content (AvgIpc) is 2.47. The Morgan fingerprint density at radius 3 is 2.00 bits per heavy atom. The van der Waals surface area contributed by atoms with Crippen molar-refractivity contribution in [3.63, 3.8) is 0 Å². The second kappa shape index (κ2) is 4.96. The Bertz CT molecular complexity index is 224. The topological polar surface area (TPSA) is 6.48 Å². The molecule has 1 aliphatic heterocycles. The third-order valence-corrected chi connectivity index (χ3v) is 3.29. The molecule has 2 atom stereocenters. The first kappa shape index (κ1) is 14.5. The van der Waals surface area contributed by atoms with Crippen LogP contribution >= 0.6 is 0 Å². The first-order chi connectivity index (χ1) is 6.38. The Labute approximate surface area is 131 Å². The Kier molecular flexibility index (Phi) is 4.78. The molecule has 2 nitrogen and oxygen atoms in total. The van der Waals surface area contributed by atoms with Gasteiger partial charge in [-0.1, -0.05) is 0 Å². The largest absolute Gasteiger partial charge is 1.00 e. The van der Waals surface area contributed by atoms with Gasteiger partial charge in [-0.3, -0.25) is 0 Å². The van der Waals surface area contributed by atoms with Crippen molar-refractivity contribution in [2.75, 3.05) is 33.6 Å². The molecule has 2 fully saturated rings. The molecule has 0 spiro atoms. The minimum absolute atomic E-state index is 0. The van der Waals surface area contributed by atoms with E-state index in [0.717, 1.165) is 0 Å². The van der Waals surface area contributed by atoms with Crippen LogP contribution in [0.15, 0.2) is 0 Å². The second-order valence-corrected chi connectivity index (χ2v) is 4.71. The molecule has 0 bridgehead atoms. The van der Waals surface area contributed by atoms with Gasteiger partial charge >= 0.3 is 58.4 Å². The van der Waals surface area contributed by atoms with Gasteiger partial charge in [-0.2, -0.15) is 0 Å². The molecule has 1 saturated carbocycles. The van der Waals surface area contributed by atoms with Crippen LogP contribution in [0.2, 0.25) is 0 Å². The molecule has 82 valence electrons. The molecule has 7 heteroatoms. The van der Waals surface area contributed by atoms with Gasteiger partial charge in [0.1, 0.15) is 0 Å². The molecule has 0 amide bonds. The Balaban J connectivity index is 0.00000112. The summed E-state index contributed by atoms with van der Waals surface area (Å²) in [5.41, 5.74) is 0. The Morgan fingerprint density at radius 1 is 1.20 bits per heavy atom. The van der Waals surface area contributed by atoms with Gasteiger partial charge in [-0.05, 0) is 45.5 Å². The summed E-state index contributed by atoms with van der Waals surface area (Å²) in [5, 5.41) is 0. The molecule has 0 aromatic heterocycles. The summed E-state index contributed by atoms with van der Waals surface area (Å²) >= 11 is 0. The van der Waals surface area contributed by atoms with Crippen LogP contribution < -0.4 is 51.4 Å². The van der Waals surface area contributed by atoms with E-state index in [0.29, 0.717) is 31.0 Å². The van der Waals surface area contributed by atoms with Crippen LogP contribution in [0, 0.1) is 11.8 Å². The monoisotopic (exact) mass is 246 g/mol.